The Hall–Kier alpha value is -5.98. The number of hydrogen-bond acceptors (Lipinski definition) is 6. The highest BCUT2D eigenvalue weighted by molar-refractivity contribution is 7.26. The van der Waals surface area contributed by atoms with Crippen LogP contribution in [0.25, 0.3) is 88.0 Å². The molecule has 6 heteroatoms. The van der Waals surface area contributed by atoms with Crippen LogP contribution in [0, 0.1) is 0 Å². The fourth-order valence-corrected chi connectivity index (χ4v) is 7.16. The van der Waals surface area contributed by atoms with Crippen LogP contribution in [0.5, 0.6) is 0 Å². The Kier molecular flexibility index (Phi) is 6.25. The van der Waals surface area contributed by atoms with Gasteiger partial charge in [-0.2, -0.15) is 0 Å². The minimum Gasteiger partial charge on any atom is -0.436 e. The molecule has 0 radical (unpaired) electrons. The molecule has 5 nitrogen and oxygen atoms in total. The van der Waals surface area contributed by atoms with E-state index >= 15 is 0 Å². The number of fused-ring (bicyclic) bond motifs is 4. The smallest absolute Gasteiger partial charge is 0.227 e. The van der Waals surface area contributed by atoms with E-state index in [2.05, 4.69) is 60.7 Å². The van der Waals surface area contributed by atoms with E-state index in [4.69, 9.17) is 24.4 Å². The van der Waals surface area contributed by atoms with Crippen LogP contribution in [0.2, 0.25) is 0 Å². The van der Waals surface area contributed by atoms with Crippen molar-refractivity contribution in [2.45, 2.75) is 0 Å². The van der Waals surface area contributed by atoms with E-state index in [1.807, 2.05) is 96.3 Å². The highest BCUT2D eigenvalue weighted by atomic mass is 32.1. The van der Waals surface area contributed by atoms with Gasteiger partial charge in [0.1, 0.15) is 5.52 Å². The minimum atomic E-state index is 0.572. The summed E-state index contributed by atoms with van der Waals surface area (Å²) in [5.74, 6) is 2.38. The van der Waals surface area contributed by atoms with Crippen molar-refractivity contribution in [2.75, 3.05) is 0 Å². The first-order valence-electron chi connectivity index (χ1n) is 15.1. The molecule has 0 N–H and O–H groups in total. The van der Waals surface area contributed by atoms with E-state index < -0.39 is 0 Å². The second-order valence-electron chi connectivity index (χ2n) is 11.1. The lowest BCUT2D eigenvalue weighted by Crippen LogP contribution is -2.00. The number of aromatic nitrogens is 4. The van der Waals surface area contributed by atoms with Gasteiger partial charge in [0.25, 0.3) is 0 Å². The maximum Gasteiger partial charge on any atom is 0.227 e. The van der Waals surface area contributed by atoms with E-state index in [0.717, 1.165) is 33.3 Å². The van der Waals surface area contributed by atoms with Gasteiger partial charge in [-0.25, -0.2) is 19.9 Å². The molecule has 3 aromatic heterocycles. The maximum atomic E-state index is 6.39. The predicted octanol–water partition coefficient (Wildman–Crippen LogP) is 10.7. The predicted molar refractivity (Wildman–Crippen MR) is 187 cm³/mol. The van der Waals surface area contributed by atoms with Crippen molar-refractivity contribution in [3.05, 3.63) is 146 Å². The number of oxazole rings is 1. The van der Waals surface area contributed by atoms with E-state index in [0.29, 0.717) is 28.9 Å². The summed E-state index contributed by atoms with van der Waals surface area (Å²) in [6.45, 7) is 0. The monoisotopic (exact) mass is 608 g/mol. The van der Waals surface area contributed by atoms with Crippen LogP contribution in [0.15, 0.2) is 150 Å². The number of rotatable bonds is 5. The molecule has 9 aromatic rings. The molecule has 0 unspecified atom stereocenters. The van der Waals surface area contributed by atoms with Crippen molar-refractivity contribution in [3.8, 4) is 56.7 Å². The SMILES string of the molecule is c1ccc(-c2nc(-c3ccccc3)nc(-c3ccc4nc(-c5cccc(-c6cccc7c6sc6ccccc67)c5)oc4c3)n2)cc1. The largest absolute Gasteiger partial charge is 0.436 e. The summed E-state index contributed by atoms with van der Waals surface area (Å²) >= 11 is 1.83. The molecule has 0 bridgehead atoms. The summed E-state index contributed by atoms with van der Waals surface area (Å²) in [7, 11) is 0. The van der Waals surface area contributed by atoms with Gasteiger partial charge in [-0.3, -0.25) is 0 Å². The molecule has 6 aromatic carbocycles. The van der Waals surface area contributed by atoms with Crippen molar-refractivity contribution < 1.29 is 4.42 Å². The molecule has 46 heavy (non-hydrogen) atoms. The number of benzene rings is 6. The number of hydrogen-bond donors (Lipinski definition) is 0. The Morgan fingerprint density at radius 1 is 0.435 bits per heavy atom. The van der Waals surface area contributed by atoms with Crippen LogP contribution in [0.4, 0.5) is 0 Å². The van der Waals surface area contributed by atoms with Gasteiger partial charge in [-0.1, -0.05) is 109 Å². The average Bonchev–Trinajstić information content (AvgIpc) is 3.74. The molecular weight excluding hydrogens is 585 g/mol. The molecule has 0 atom stereocenters. The van der Waals surface area contributed by atoms with Crippen molar-refractivity contribution >= 4 is 42.6 Å². The zero-order valence-electron chi connectivity index (χ0n) is 24.5. The lowest BCUT2D eigenvalue weighted by molar-refractivity contribution is 0.620. The van der Waals surface area contributed by atoms with Crippen LogP contribution >= 0.6 is 11.3 Å². The summed E-state index contributed by atoms with van der Waals surface area (Å²) in [6.07, 6.45) is 0. The summed E-state index contributed by atoms with van der Waals surface area (Å²) in [5, 5.41) is 2.57. The lowest BCUT2D eigenvalue weighted by atomic mass is 10.0. The molecule has 0 saturated carbocycles. The molecule has 216 valence electrons. The lowest BCUT2D eigenvalue weighted by Gasteiger charge is -2.08. The van der Waals surface area contributed by atoms with Crippen LogP contribution in [-0.4, -0.2) is 19.9 Å². The molecule has 0 saturated heterocycles. The van der Waals surface area contributed by atoms with Gasteiger partial charge in [0, 0.05) is 42.4 Å². The average molecular weight is 609 g/mol. The third-order valence-corrected chi connectivity index (χ3v) is 9.39. The maximum absolute atomic E-state index is 6.39. The van der Waals surface area contributed by atoms with Crippen LogP contribution in [-0.2, 0) is 0 Å². The first kappa shape index (κ1) is 26.4. The standard InChI is InChI=1S/C40H24N4OS/c1-3-11-25(12-4-1)37-42-38(26-13-5-2-6-14-26)44-39(43-37)28-21-22-33-34(24-28)45-40(41-33)29-16-9-15-27(23-29)30-18-10-19-32-31-17-7-8-20-35(31)46-36(30)32/h1-24H. The second kappa shape index (κ2) is 10.9. The Morgan fingerprint density at radius 3 is 1.80 bits per heavy atom. The van der Waals surface area contributed by atoms with Crippen LogP contribution < -0.4 is 0 Å². The summed E-state index contributed by atoms with van der Waals surface area (Å²) < 4.78 is 8.97. The number of nitrogens with zero attached hydrogens (tertiary/aromatic N) is 4. The van der Waals surface area contributed by atoms with Gasteiger partial charge in [0.2, 0.25) is 5.89 Å². The van der Waals surface area contributed by atoms with E-state index in [-0.39, 0.29) is 0 Å². The van der Waals surface area contributed by atoms with E-state index in [1.165, 1.54) is 25.7 Å². The fraction of sp³-hybridized carbons (Fsp3) is 0. The molecule has 0 amide bonds. The van der Waals surface area contributed by atoms with E-state index in [9.17, 15) is 0 Å². The molecule has 0 aliphatic rings. The molecule has 0 fully saturated rings. The number of thiophene rings is 1. The summed E-state index contributed by atoms with van der Waals surface area (Å²) in [5.41, 5.74) is 7.39. The quantitative estimate of drug-likeness (QED) is 0.194. The topological polar surface area (TPSA) is 64.7 Å². The minimum absolute atomic E-state index is 0.572. The van der Waals surface area contributed by atoms with Crippen LogP contribution in [0.1, 0.15) is 0 Å². The molecule has 9 rings (SSSR count). The summed E-state index contributed by atoms with van der Waals surface area (Å²) in [4.78, 5) is 19.4. The van der Waals surface area contributed by atoms with Crippen molar-refractivity contribution in [1.29, 1.82) is 0 Å². The Bertz CT molecular complexity index is 2480. The normalized spacial score (nSPS) is 11.5. The van der Waals surface area contributed by atoms with E-state index in [1.54, 1.807) is 0 Å². The van der Waals surface area contributed by atoms with Crippen molar-refractivity contribution in [2.24, 2.45) is 0 Å². The molecular formula is C40H24N4OS. The highest BCUT2D eigenvalue weighted by Gasteiger charge is 2.16. The van der Waals surface area contributed by atoms with Gasteiger partial charge >= 0.3 is 0 Å². The van der Waals surface area contributed by atoms with Gasteiger partial charge in [-0.15, -0.1) is 11.3 Å². The molecule has 0 aliphatic heterocycles. The van der Waals surface area contributed by atoms with Gasteiger partial charge in [0.05, 0.1) is 0 Å². The zero-order valence-corrected chi connectivity index (χ0v) is 25.3. The first-order valence-corrected chi connectivity index (χ1v) is 15.9. The third-order valence-electron chi connectivity index (χ3n) is 8.17. The summed E-state index contributed by atoms with van der Waals surface area (Å²) in [6, 6.07) is 49.4. The Balaban J connectivity index is 1.12. The Labute approximate surface area is 268 Å². The molecule has 0 spiro atoms. The van der Waals surface area contributed by atoms with Crippen molar-refractivity contribution in [3.63, 3.8) is 0 Å². The van der Waals surface area contributed by atoms with Gasteiger partial charge in [-0.05, 0) is 47.5 Å². The molecule has 3 heterocycles. The Morgan fingerprint density at radius 2 is 1.04 bits per heavy atom. The fourth-order valence-electron chi connectivity index (χ4n) is 5.92. The van der Waals surface area contributed by atoms with Crippen LogP contribution in [0.3, 0.4) is 0 Å². The van der Waals surface area contributed by atoms with Crippen molar-refractivity contribution in [1.82, 2.24) is 19.9 Å². The highest BCUT2D eigenvalue weighted by Crippen LogP contribution is 2.40. The third kappa shape index (κ3) is 4.64. The second-order valence-corrected chi connectivity index (χ2v) is 12.2. The molecule has 0 aliphatic carbocycles. The zero-order chi connectivity index (χ0) is 30.5. The van der Waals surface area contributed by atoms with Gasteiger partial charge < -0.3 is 4.42 Å². The first-order chi connectivity index (χ1) is 22.8. The van der Waals surface area contributed by atoms with Gasteiger partial charge in [0.15, 0.2) is 23.1 Å².